The number of rotatable bonds is 7. The van der Waals surface area contributed by atoms with Crippen LogP contribution in [-0.2, 0) is 25.5 Å². The minimum absolute atomic E-state index is 0.185. The average molecular weight is 248 g/mol. The van der Waals surface area contributed by atoms with Crippen LogP contribution in [-0.4, -0.2) is 24.1 Å². The second-order valence-corrected chi connectivity index (χ2v) is 3.90. The Balaban J connectivity index is 2.36. The molecular formula is C14H16O4. The topological polar surface area (TPSA) is 60.4 Å². The Bertz CT molecular complexity index is 423. The second kappa shape index (κ2) is 7.37. The maximum absolute atomic E-state index is 11.6. The van der Waals surface area contributed by atoms with Gasteiger partial charge < -0.3 is 4.74 Å². The Labute approximate surface area is 106 Å². The highest BCUT2D eigenvalue weighted by atomic mass is 16.5. The molecule has 4 nitrogen and oxygen atoms in total. The molecule has 0 bridgehead atoms. The van der Waals surface area contributed by atoms with Crippen LogP contribution < -0.4 is 0 Å². The lowest BCUT2D eigenvalue weighted by molar-refractivity contribution is -0.145. The highest BCUT2D eigenvalue weighted by Crippen LogP contribution is 2.03. The van der Waals surface area contributed by atoms with Gasteiger partial charge in [0.15, 0.2) is 5.78 Å². The van der Waals surface area contributed by atoms with E-state index in [9.17, 15) is 14.4 Å². The third-order valence-corrected chi connectivity index (χ3v) is 2.29. The Hall–Kier alpha value is -1.97. The summed E-state index contributed by atoms with van der Waals surface area (Å²) in [5, 5.41) is 0. The Morgan fingerprint density at radius 2 is 1.67 bits per heavy atom. The van der Waals surface area contributed by atoms with Gasteiger partial charge in [-0.15, -0.1) is 0 Å². The van der Waals surface area contributed by atoms with Gasteiger partial charge in [-0.25, -0.2) is 0 Å². The Kier molecular flexibility index (Phi) is 5.77. The minimum Gasteiger partial charge on any atom is -0.466 e. The van der Waals surface area contributed by atoms with E-state index in [1.807, 2.05) is 30.3 Å². The van der Waals surface area contributed by atoms with Gasteiger partial charge >= 0.3 is 5.97 Å². The molecule has 0 aliphatic rings. The predicted molar refractivity (Wildman–Crippen MR) is 66.0 cm³/mol. The van der Waals surface area contributed by atoms with E-state index >= 15 is 0 Å². The van der Waals surface area contributed by atoms with Crippen molar-refractivity contribution < 1.29 is 19.1 Å². The number of Topliss-reactive ketones (excluding diaryl/α,β-unsaturated/α-hetero) is 2. The summed E-state index contributed by atoms with van der Waals surface area (Å²) in [5.74, 6) is -1.15. The van der Waals surface area contributed by atoms with E-state index in [-0.39, 0.29) is 31.7 Å². The number of carbonyl (C=O) groups is 3. The summed E-state index contributed by atoms with van der Waals surface area (Å²) >= 11 is 0. The van der Waals surface area contributed by atoms with Crippen molar-refractivity contribution in [2.45, 2.75) is 26.2 Å². The lowest BCUT2D eigenvalue weighted by Gasteiger charge is -2.02. The molecule has 0 aliphatic carbocycles. The first-order valence-electron chi connectivity index (χ1n) is 5.84. The summed E-state index contributed by atoms with van der Waals surface area (Å²) in [6.45, 7) is 1.91. The standard InChI is InChI=1S/C14H16O4/c1-2-18-14(17)10-13(16)9-12(15)8-11-6-4-3-5-7-11/h3-7H,2,8-10H2,1H3. The molecular weight excluding hydrogens is 232 g/mol. The largest absolute Gasteiger partial charge is 0.466 e. The van der Waals surface area contributed by atoms with Gasteiger partial charge in [0.05, 0.1) is 13.0 Å². The zero-order valence-corrected chi connectivity index (χ0v) is 10.3. The molecule has 0 radical (unpaired) electrons. The fourth-order valence-corrected chi connectivity index (χ4v) is 1.54. The molecule has 1 aromatic rings. The first-order valence-corrected chi connectivity index (χ1v) is 5.84. The first-order chi connectivity index (χ1) is 8.61. The van der Waals surface area contributed by atoms with Gasteiger partial charge in [0.2, 0.25) is 0 Å². The van der Waals surface area contributed by atoms with E-state index in [1.165, 1.54) is 0 Å². The van der Waals surface area contributed by atoms with E-state index < -0.39 is 11.8 Å². The molecule has 0 aromatic heterocycles. The molecule has 0 spiro atoms. The summed E-state index contributed by atoms with van der Waals surface area (Å²) in [6, 6.07) is 9.19. The van der Waals surface area contributed by atoms with Crippen LogP contribution in [0, 0.1) is 0 Å². The number of ketones is 2. The highest BCUT2D eigenvalue weighted by molar-refractivity contribution is 6.06. The SMILES string of the molecule is CCOC(=O)CC(=O)CC(=O)Cc1ccccc1. The van der Waals surface area contributed by atoms with Crippen molar-refractivity contribution in [3.8, 4) is 0 Å². The molecule has 0 N–H and O–H groups in total. The van der Waals surface area contributed by atoms with Gasteiger partial charge in [-0.05, 0) is 12.5 Å². The molecule has 4 heteroatoms. The normalized spacial score (nSPS) is 9.83. The molecule has 0 fully saturated rings. The van der Waals surface area contributed by atoms with E-state index in [4.69, 9.17) is 0 Å². The fraction of sp³-hybridized carbons (Fsp3) is 0.357. The molecule has 1 aromatic carbocycles. The summed E-state index contributed by atoms with van der Waals surface area (Å²) in [5.41, 5.74) is 0.867. The van der Waals surface area contributed by atoms with Gasteiger partial charge in [-0.2, -0.15) is 0 Å². The number of esters is 1. The van der Waals surface area contributed by atoms with Crippen LogP contribution >= 0.6 is 0 Å². The van der Waals surface area contributed by atoms with Crippen LogP contribution in [0.3, 0.4) is 0 Å². The Morgan fingerprint density at radius 3 is 2.28 bits per heavy atom. The van der Waals surface area contributed by atoms with Crippen molar-refractivity contribution in [3.63, 3.8) is 0 Å². The molecule has 18 heavy (non-hydrogen) atoms. The van der Waals surface area contributed by atoms with Crippen molar-refractivity contribution in [1.82, 2.24) is 0 Å². The molecule has 0 unspecified atom stereocenters. The maximum Gasteiger partial charge on any atom is 0.313 e. The molecule has 96 valence electrons. The number of carbonyl (C=O) groups excluding carboxylic acids is 3. The van der Waals surface area contributed by atoms with Crippen LogP contribution in [0.25, 0.3) is 0 Å². The monoisotopic (exact) mass is 248 g/mol. The average Bonchev–Trinajstić information content (AvgIpc) is 2.29. The van der Waals surface area contributed by atoms with Crippen molar-refractivity contribution in [1.29, 1.82) is 0 Å². The number of hydrogen-bond acceptors (Lipinski definition) is 4. The maximum atomic E-state index is 11.6. The quantitative estimate of drug-likeness (QED) is 0.544. The van der Waals surface area contributed by atoms with Gasteiger partial charge in [0, 0.05) is 6.42 Å². The first kappa shape index (κ1) is 14.1. The fourth-order valence-electron chi connectivity index (χ4n) is 1.54. The molecule has 0 aliphatic heterocycles. The molecule has 0 amide bonds. The zero-order valence-electron chi connectivity index (χ0n) is 10.3. The van der Waals surface area contributed by atoms with Gasteiger partial charge in [0.1, 0.15) is 12.2 Å². The summed E-state index contributed by atoms with van der Waals surface area (Å²) in [6.07, 6.45) is -0.322. The van der Waals surface area contributed by atoms with E-state index in [2.05, 4.69) is 4.74 Å². The molecule has 1 rings (SSSR count). The van der Waals surface area contributed by atoms with Crippen LogP contribution in [0.4, 0.5) is 0 Å². The summed E-state index contributed by atoms with van der Waals surface area (Å²) in [7, 11) is 0. The van der Waals surface area contributed by atoms with Gasteiger partial charge in [-0.3, -0.25) is 14.4 Å². The third kappa shape index (κ3) is 5.39. The van der Waals surface area contributed by atoms with Gasteiger partial charge in [-0.1, -0.05) is 30.3 Å². The highest BCUT2D eigenvalue weighted by Gasteiger charge is 2.14. The minimum atomic E-state index is -0.574. The zero-order chi connectivity index (χ0) is 13.4. The van der Waals surface area contributed by atoms with Crippen molar-refractivity contribution >= 4 is 17.5 Å². The lowest BCUT2D eigenvalue weighted by Crippen LogP contribution is -2.15. The van der Waals surface area contributed by atoms with Crippen molar-refractivity contribution in [2.24, 2.45) is 0 Å². The molecule has 0 saturated carbocycles. The smallest absolute Gasteiger partial charge is 0.313 e. The molecule has 0 heterocycles. The van der Waals surface area contributed by atoms with E-state index in [0.717, 1.165) is 5.56 Å². The van der Waals surface area contributed by atoms with Gasteiger partial charge in [0.25, 0.3) is 0 Å². The lowest BCUT2D eigenvalue weighted by atomic mass is 10.0. The van der Waals surface area contributed by atoms with E-state index in [1.54, 1.807) is 6.92 Å². The summed E-state index contributed by atoms with van der Waals surface area (Å²) < 4.78 is 4.64. The summed E-state index contributed by atoms with van der Waals surface area (Å²) in [4.78, 5) is 34.0. The predicted octanol–water partition coefficient (Wildman–Crippen LogP) is 1.71. The van der Waals surface area contributed by atoms with Crippen molar-refractivity contribution in [3.05, 3.63) is 35.9 Å². The van der Waals surface area contributed by atoms with E-state index in [0.29, 0.717) is 0 Å². The van der Waals surface area contributed by atoms with Crippen LogP contribution in [0.1, 0.15) is 25.3 Å². The van der Waals surface area contributed by atoms with Crippen LogP contribution in [0.15, 0.2) is 30.3 Å². The number of benzene rings is 1. The third-order valence-electron chi connectivity index (χ3n) is 2.29. The number of ether oxygens (including phenoxy) is 1. The molecule has 0 saturated heterocycles. The molecule has 0 atom stereocenters. The Morgan fingerprint density at radius 1 is 1.00 bits per heavy atom. The van der Waals surface area contributed by atoms with Crippen LogP contribution in [0.2, 0.25) is 0 Å². The second-order valence-electron chi connectivity index (χ2n) is 3.90. The number of hydrogen-bond donors (Lipinski definition) is 0. The van der Waals surface area contributed by atoms with Crippen LogP contribution in [0.5, 0.6) is 0 Å². The van der Waals surface area contributed by atoms with Crippen molar-refractivity contribution in [2.75, 3.05) is 6.61 Å².